The molecule has 0 saturated carbocycles. The minimum absolute atomic E-state index is 0.0311. The molecule has 2 N–H and O–H groups in total. The van der Waals surface area contributed by atoms with Gasteiger partial charge in [0, 0.05) is 0 Å². The molecule has 0 heterocycles. The lowest BCUT2D eigenvalue weighted by atomic mass is 10.0. The predicted molar refractivity (Wildman–Crippen MR) is 69.2 cm³/mol. The number of aryl methyl sites for hydroxylation is 1. The summed E-state index contributed by atoms with van der Waals surface area (Å²) in [6.07, 6.45) is 1.83. The Hall–Kier alpha value is -1.64. The highest BCUT2D eigenvalue weighted by Crippen LogP contribution is 2.21. The smallest absolute Gasteiger partial charge is 0.104 e. The summed E-state index contributed by atoms with van der Waals surface area (Å²) in [6.45, 7) is 0. The zero-order valence-electron chi connectivity index (χ0n) is 9.75. The molecular weight excluding hydrogens is 210 g/mol. The first-order valence-electron chi connectivity index (χ1n) is 5.84. The molecule has 0 fully saturated rings. The molecular formula is C15H17NO. The normalized spacial score (nSPS) is 12.3. The van der Waals surface area contributed by atoms with Crippen molar-refractivity contribution in [1.82, 2.24) is 0 Å². The van der Waals surface area contributed by atoms with Crippen molar-refractivity contribution in [2.45, 2.75) is 18.9 Å². The van der Waals surface area contributed by atoms with Gasteiger partial charge in [-0.2, -0.15) is 0 Å². The van der Waals surface area contributed by atoms with Gasteiger partial charge in [0.15, 0.2) is 0 Å². The molecule has 1 atom stereocenters. The van der Waals surface area contributed by atoms with Crippen LogP contribution in [0.5, 0.6) is 0 Å². The Labute approximate surface area is 102 Å². The quantitative estimate of drug-likeness (QED) is 0.796. The Bertz CT molecular complexity index is 427. The highest BCUT2D eigenvalue weighted by atomic mass is 16.6. The van der Waals surface area contributed by atoms with Crippen LogP contribution in [0.3, 0.4) is 0 Å². The summed E-state index contributed by atoms with van der Waals surface area (Å²) >= 11 is 0. The molecule has 17 heavy (non-hydrogen) atoms. The van der Waals surface area contributed by atoms with Crippen LogP contribution in [0.15, 0.2) is 60.7 Å². The Morgan fingerprint density at radius 2 is 1.47 bits per heavy atom. The number of rotatable bonds is 5. The highest BCUT2D eigenvalue weighted by molar-refractivity contribution is 5.19. The number of benzene rings is 2. The number of hydrogen-bond donors (Lipinski definition) is 1. The largest absolute Gasteiger partial charge is 0.297 e. The van der Waals surface area contributed by atoms with E-state index in [2.05, 4.69) is 24.3 Å². The lowest BCUT2D eigenvalue weighted by molar-refractivity contribution is 0.0467. The summed E-state index contributed by atoms with van der Waals surface area (Å²) in [5.74, 6) is 5.37. The second kappa shape index (κ2) is 6.18. The molecule has 0 saturated heterocycles. The third kappa shape index (κ3) is 3.41. The summed E-state index contributed by atoms with van der Waals surface area (Å²) in [5, 5.41) is 0. The minimum atomic E-state index is -0.0311. The van der Waals surface area contributed by atoms with E-state index in [1.165, 1.54) is 5.56 Å². The van der Waals surface area contributed by atoms with Gasteiger partial charge in [0.2, 0.25) is 0 Å². The second-order valence-corrected chi connectivity index (χ2v) is 4.06. The van der Waals surface area contributed by atoms with Crippen LogP contribution in [0.25, 0.3) is 0 Å². The fourth-order valence-corrected chi connectivity index (χ4v) is 1.92. The maximum Gasteiger partial charge on any atom is 0.104 e. The fraction of sp³-hybridized carbons (Fsp3) is 0.200. The Morgan fingerprint density at radius 1 is 0.882 bits per heavy atom. The number of hydrogen-bond acceptors (Lipinski definition) is 2. The molecule has 0 aliphatic carbocycles. The van der Waals surface area contributed by atoms with Crippen molar-refractivity contribution in [2.24, 2.45) is 5.90 Å². The SMILES string of the molecule is NOC(CCc1ccccc1)c1ccccc1. The summed E-state index contributed by atoms with van der Waals surface area (Å²) in [4.78, 5) is 5.06. The standard InChI is InChI=1S/C15H17NO/c16-17-15(14-9-5-2-6-10-14)12-11-13-7-3-1-4-8-13/h1-10,15H,11-12,16H2. The van der Waals surface area contributed by atoms with Gasteiger partial charge in [0.25, 0.3) is 0 Å². The van der Waals surface area contributed by atoms with Crippen molar-refractivity contribution in [3.05, 3.63) is 71.8 Å². The summed E-state index contributed by atoms with van der Waals surface area (Å²) in [6, 6.07) is 20.5. The fourth-order valence-electron chi connectivity index (χ4n) is 1.92. The van der Waals surface area contributed by atoms with Crippen LogP contribution in [0, 0.1) is 0 Å². The Balaban J connectivity index is 1.97. The van der Waals surface area contributed by atoms with Crippen molar-refractivity contribution < 1.29 is 4.84 Å². The summed E-state index contributed by atoms with van der Waals surface area (Å²) in [5.41, 5.74) is 2.44. The van der Waals surface area contributed by atoms with Gasteiger partial charge in [-0.15, -0.1) is 0 Å². The highest BCUT2D eigenvalue weighted by Gasteiger charge is 2.10. The second-order valence-electron chi connectivity index (χ2n) is 4.06. The lowest BCUT2D eigenvalue weighted by Gasteiger charge is -2.14. The maximum atomic E-state index is 5.37. The van der Waals surface area contributed by atoms with Crippen LogP contribution in [0.2, 0.25) is 0 Å². The van der Waals surface area contributed by atoms with Gasteiger partial charge in [-0.3, -0.25) is 4.84 Å². The van der Waals surface area contributed by atoms with E-state index in [0.29, 0.717) is 0 Å². The molecule has 1 unspecified atom stereocenters. The average Bonchev–Trinajstić information content (AvgIpc) is 2.42. The minimum Gasteiger partial charge on any atom is -0.297 e. The molecule has 0 aliphatic rings. The van der Waals surface area contributed by atoms with Crippen molar-refractivity contribution in [3.8, 4) is 0 Å². The molecule has 2 rings (SSSR count). The van der Waals surface area contributed by atoms with E-state index in [1.54, 1.807) is 0 Å². The molecule has 88 valence electrons. The van der Waals surface area contributed by atoms with E-state index in [9.17, 15) is 0 Å². The van der Waals surface area contributed by atoms with Crippen LogP contribution in [-0.2, 0) is 11.3 Å². The van der Waals surface area contributed by atoms with Crippen molar-refractivity contribution >= 4 is 0 Å². The maximum absolute atomic E-state index is 5.37. The first-order valence-corrected chi connectivity index (χ1v) is 5.84. The Morgan fingerprint density at radius 3 is 2.06 bits per heavy atom. The van der Waals surface area contributed by atoms with E-state index in [4.69, 9.17) is 10.7 Å². The molecule has 0 aliphatic heterocycles. The molecule has 0 aromatic heterocycles. The van der Waals surface area contributed by atoms with Gasteiger partial charge in [0.05, 0.1) is 0 Å². The predicted octanol–water partition coefficient (Wildman–Crippen LogP) is 3.25. The molecule has 2 aromatic carbocycles. The lowest BCUT2D eigenvalue weighted by Crippen LogP contribution is -2.10. The average molecular weight is 227 g/mol. The topological polar surface area (TPSA) is 35.2 Å². The molecule has 0 amide bonds. The van der Waals surface area contributed by atoms with Crippen LogP contribution in [-0.4, -0.2) is 0 Å². The third-order valence-electron chi connectivity index (χ3n) is 2.87. The van der Waals surface area contributed by atoms with Gasteiger partial charge in [0.1, 0.15) is 6.10 Å². The van der Waals surface area contributed by atoms with Crippen molar-refractivity contribution in [2.75, 3.05) is 0 Å². The molecule has 2 nitrogen and oxygen atoms in total. The first-order chi connectivity index (χ1) is 8.40. The van der Waals surface area contributed by atoms with E-state index < -0.39 is 0 Å². The van der Waals surface area contributed by atoms with Crippen LogP contribution in [0.1, 0.15) is 23.7 Å². The first kappa shape index (κ1) is 11.8. The van der Waals surface area contributed by atoms with Crippen LogP contribution in [0.4, 0.5) is 0 Å². The van der Waals surface area contributed by atoms with Crippen molar-refractivity contribution in [3.63, 3.8) is 0 Å². The van der Waals surface area contributed by atoms with Gasteiger partial charge in [-0.1, -0.05) is 60.7 Å². The van der Waals surface area contributed by atoms with Gasteiger partial charge in [-0.05, 0) is 24.0 Å². The molecule has 2 heteroatoms. The third-order valence-corrected chi connectivity index (χ3v) is 2.87. The van der Waals surface area contributed by atoms with E-state index in [-0.39, 0.29) is 6.10 Å². The molecule has 0 bridgehead atoms. The Kier molecular flexibility index (Phi) is 4.30. The van der Waals surface area contributed by atoms with Gasteiger partial charge in [-0.25, -0.2) is 5.90 Å². The van der Waals surface area contributed by atoms with E-state index in [0.717, 1.165) is 18.4 Å². The van der Waals surface area contributed by atoms with Gasteiger partial charge < -0.3 is 0 Å². The monoisotopic (exact) mass is 227 g/mol. The molecule has 2 aromatic rings. The molecule has 0 spiro atoms. The zero-order chi connectivity index (χ0) is 11.9. The van der Waals surface area contributed by atoms with Crippen LogP contribution < -0.4 is 5.90 Å². The molecule has 0 radical (unpaired) electrons. The summed E-state index contributed by atoms with van der Waals surface area (Å²) < 4.78 is 0. The van der Waals surface area contributed by atoms with Crippen molar-refractivity contribution in [1.29, 1.82) is 0 Å². The van der Waals surface area contributed by atoms with E-state index >= 15 is 0 Å². The van der Waals surface area contributed by atoms with Gasteiger partial charge >= 0.3 is 0 Å². The van der Waals surface area contributed by atoms with Crippen LogP contribution >= 0.6 is 0 Å². The summed E-state index contributed by atoms with van der Waals surface area (Å²) in [7, 11) is 0. The zero-order valence-corrected chi connectivity index (χ0v) is 9.75. The number of nitrogens with two attached hydrogens (primary N) is 1. The van der Waals surface area contributed by atoms with E-state index in [1.807, 2.05) is 36.4 Å².